The summed E-state index contributed by atoms with van der Waals surface area (Å²) >= 11 is 0. The number of benzene rings is 1. The summed E-state index contributed by atoms with van der Waals surface area (Å²) in [6, 6.07) is 7.84. The van der Waals surface area contributed by atoms with Gasteiger partial charge in [-0.2, -0.15) is 0 Å². The Kier molecular flexibility index (Phi) is 4.33. The Morgan fingerprint density at radius 1 is 1.24 bits per heavy atom. The van der Waals surface area contributed by atoms with Crippen LogP contribution in [0.4, 0.5) is 0 Å². The first-order valence-corrected chi connectivity index (χ1v) is 6.18. The van der Waals surface area contributed by atoms with Crippen molar-refractivity contribution in [2.75, 3.05) is 6.54 Å². The monoisotopic (exact) mass is 235 g/mol. The van der Waals surface area contributed by atoms with Crippen LogP contribution in [-0.2, 0) is 0 Å². The third-order valence-electron chi connectivity index (χ3n) is 2.62. The summed E-state index contributed by atoms with van der Waals surface area (Å²) in [5, 5.41) is 2.95. The smallest absolute Gasteiger partial charge is 0.251 e. The molecule has 1 N–H and O–H groups in total. The van der Waals surface area contributed by atoms with Crippen molar-refractivity contribution in [1.82, 2.24) is 5.32 Å². The minimum absolute atomic E-state index is 0. The predicted molar refractivity (Wildman–Crippen MR) is 74.4 cm³/mol. The summed E-state index contributed by atoms with van der Waals surface area (Å²) in [6.45, 7) is 11.3. The van der Waals surface area contributed by atoms with Gasteiger partial charge in [0.25, 0.3) is 5.91 Å². The van der Waals surface area contributed by atoms with E-state index in [1.807, 2.05) is 24.3 Å². The van der Waals surface area contributed by atoms with Gasteiger partial charge in [-0.3, -0.25) is 4.79 Å². The lowest BCUT2D eigenvalue weighted by atomic mass is 9.96. The molecule has 0 saturated heterocycles. The van der Waals surface area contributed by atoms with Crippen molar-refractivity contribution in [3.63, 3.8) is 0 Å². The van der Waals surface area contributed by atoms with Crippen LogP contribution in [0.15, 0.2) is 24.3 Å². The average Bonchev–Trinajstić information content (AvgIpc) is 2.25. The first-order chi connectivity index (χ1) is 7.79. The molecular weight excluding hydrogens is 210 g/mol. The SMILES string of the molecule is CC(C)c1ccc(C(=O)NCC(C)(C)C)cc1.[HH]. The molecule has 2 heteroatoms. The number of hydrogen-bond acceptors (Lipinski definition) is 1. The van der Waals surface area contributed by atoms with Crippen molar-refractivity contribution in [3.8, 4) is 0 Å². The summed E-state index contributed by atoms with van der Waals surface area (Å²) in [4.78, 5) is 11.9. The first kappa shape index (κ1) is 13.8. The second-order valence-corrected chi connectivity index (χ2v) is 6.02. The van der Waals surface area contributed by atoms with Crippen LogP contribution in [0.3, 0.4) is 0 Å². The summed E-state index contributed by atoms with van der Waals surface area (Å²) < 4.78 is 0. The molecule has 0 aromatic heterocycles. The zero-order valence-corrected chi connectivity index (χ0v) is 11.5. The van der Waals surface area contributed by atoms with Gasteiger partial charge in [-0.15, -0.1) is 0 Å². The van der Waals surface area contributed by atoms with Crippen molar-refractivity contribution < 1.29 is 6.22 Å². The fourth-order valence-corrected chi connectivity index (χ4v) is 1.47. The second-order valence-electron chi connectivity index (χ2n) is 6.02. The minimum atomic E-state index is 0. The van der Waals surface area contributed by atoms with Crippen LogP contribution in [0.5, 0.6) is 0 Å². The largest absolute Gasteiger partial charge is 0.352 e. The number of carbonyl (C=O) groups is 1. The Labute approximate surface area is 106 Å². The molecule has 96 valence electrons. The van der Waals surface area contributed by atoms with Gasteiger partial charge in [0.1, 0.15) is 0 Å². The molecule has 17 heavy (non-hydrogen) atoms. The van der Waals surface area contributed by atoms with E-state index in [2.05, 4.69) is 39.9 Å². The van der Waals surface area contributed by atoms with Crippen LogP contribution in [0, 0.1) is 5.41 Å². The fourth-order valence-electron chi connectivity index (χ4n) is 1.47. The molecule has 1 aromatic rings. The van der Waals surface area contributed by atoms with Crippen LogP contribution >= 0.6 is 0 Å². The lowest BCUT2D eigenvalue weighted by molar-refractivity contribution is 0.0939. The third kappa shape index (κ3) is 4.59. The molecule has 0 aliphatic rings. The minimum Gasteiger partial charge on any atom is -0.352 e. The van der Waals surface area contributed by atoms with Crippen molar-refractivity contribution in [2.45, 2.75) is 40.5 Å². The van der Waals surface area contributed by atoms with E-state index < -0.39 is 0 Å². The van der Waals surface area contributed by atoms with Gasteiger partial charge in [-0.25, -0.2) is 0 Å². The Morgan fingerprint density at radius 2 is 1.76 bits per heavy atom. The van der Waals surface area contributed by atoms with Crippen LogP contribution in [-0.4, -0.2) is 12.5 Å². The Bertz CT molecular complexity index is 376. The molecule has 2 nitrogen and oxygen atoms in total. The molecule has 0 bridgehead atoms. The zero-order valence-electron chi connectivity index (χ0n) is 11.5. The molecular formula is C15H25NO. The molecule has 0 unspecified atom stereocenters. The fraction of sp³-hybridized carbons (Fsp3) is 0.533. The number of hydrogen-bond donors (Lipinski definition) is 1. The van der Waals surface area contributed by atoms with Crippen LogP contribution < -0.4 is 5.32 Å². The van der Waals surface area contributed by atoms with Crippen molar-refractivity contribution in [1.29, 1.82) is 0 Å². The maximum absolute atomic E-state index is 11.9. The van der Waals surface area contributed by atoms with Crippen molar-refractivity contribution in [2.24, 2.45) is 5.41 Å². The van der Waals surface area contributed by atoms with E-state index in [9.17, 15) is 4.79 Å². The molecule has 1 aromatic carbocycles. The number of carbonyl (C=O) groups excluding carboxylic acids is 1. The average molecular weight is 235 g/mol. The maximum Gasteiger partial charge on any atom is 0.251 e. The summed E-state index contributed by atoms with van der Waals surface area (Å²) in [7, 11) is 0. The molecule has 0 heterocycles. The highest BCUT2D eigenvalue weighted by atomic mass is 16.1. The van der Waals surface area contributed by atoms with Crippen LogP contribution in [0.1, 0.15) is 57.9 Å². The maximum atomic E-state index is 11.9. The Morgan fingerprint density at radius 3 is 2.18 bits per heavy atom. The molecule has 0 saturated carbocycles. The lowest BCUT2D eigenvalue weighted by Gasteiger charge is -2.18. The molecule has 1 amide bonds. The Balaban J connectivity index is 0.00000289. The van der Waals surface area contributed by atoms with Gasteiger partial charge in [0.05, 0.1) is 0 Å². The van der Waals surface area contributed by atoms with Gasteiger partial charge in [0.2, 0.25) is 0 Å². The number of amides is 1. The topological polar surface area (TPSA) is 29.1 Å². The highest BCUT2D eigenvalue weighted by Crippen LogP contribution is 2.15. The van der Waals surface area contributed by atoms with E-state index in [1.54, 1.807) is 0 Å². The van der Waals surface area contributed by atoms with Crippen LogP contribution in [0.25, 0.3) is 0 Å². The molecule has 0 atom stereocenters. The molecule has 0 radical (unpaired) electrons. The van der Waals surface area contributed by atoms with Gasteiger partial charge < -0.3 is 5.32 Å². The normalized spacial score (nSPS) is 11.6. The molecule has 1 rings (SSSR count). The first-order valence-electron chi connectivity index (χ1n) is 6.18. The quantitative estimate of drug-likeness (QED) is 0.847. The second kappa shape index (κ2) is 5.35. The molecule has 0 aliphatic heterocycles. The van der Waals surface area contributed by atoms with Gasteiger partial charge in [-0.1, -0.05) is 46.8 Å². The highest BCUT2D eigenvalue weighted by molar-refractivity contribution is 5.94. The summed E-state index contributed by atoms with van der Waals surface area (Å²) in [5.41, 5.74) is 2.11. The lowest BCUT2D eigenvalue weighted by Crippen LogP contribution is -2.32. The zero-order chi connectivity index (χ0) is 13.1. The predicted octanol–water partition coefficient (Wildman–Crippen LogP) is 3.83. The third-order valence-corrected chi connectivity index (χ3v) is 2.62. The molecule has 0 spiro atoms. The number of nitrogens with one attached hydrogen (secondary N) is 1. The van der Waals surface area contributed by atoms with E-state index in [0.717, 1.165) is 5.56 Å². The summed E-state index contributed by atoms with van der Waals surface area (Å²) in [5.74, 6) is 0.511. The van der Waals surface area contributed by atoms with Gasteiger partial charge >= 0.3 is 0 Å². The van der Waals surface area contributed by atoms with Gasteiger partial charge in [0, 0.05) is 13.5 Å². The van der Waals surface area contributed by atoms with Gasteiger partial charge in [0.15, 0.2) is 0 Å². The number of rotatable bonds is 3. The molecule has 0 fully saturated rings. The van der Waals surface area contributed by atoms with Crippen LogP contribution in [0.2, 0.25) is 0 Å². The standard InChI is InChI=1S/C15H23NO.H2/c1-11(2)12-6-8-13(9-7-12)14(17)16-10-15(3,4)5;/h6-9,11H,10H2,1-5H3,(H,16,17);1H. The Hall–Kier alpha value is -1.31. The van der Waals surface area contributed by atoms with Crippen molar-refractivity contribution >= 4 is 5.91 Å². The van der Waals surface area contributed by atoms with E-state index >= 15 is 0 Å². The highest BCUT2D eigenvalue weighted by Gasteiger charge is 2.13. The van der Waals surface area contributed by atoms with E-state index in [-0.39, 0.29) is 12.7 Å². The van der Waals surface area contributed by atoms with Crippen molar-refractivity contribution in [3.05, 3.63) is 35.4 Å². The molecule has 0 aliphatic carbocycles. The van der Waals surface area contributed by atoms with E-state index in [0.29, 0.717) is 12.5 Å². The van der Waals surface area contributed by atoms with Gasteiger partial charge in [-0.05, 0) is 29.0 Å². The van der Waals surface area contributed by atoms with E-state index in [4.69, 9.17) is 0 Å². The van der Waals surface area contributed by atoms with E-state index in [1.165, 1.54) is 5.56 Å². The summed E-state index contributed by atoms with van der Waals surface area (Å²) in [6.07, 6.45) is 0.